The van der Waals surface area contributed by atoms with Crippen molar-refractivity contribution in [1.82, 2.24) is 9.80 Å². The molecule has 1 fully saturated rings. The van der Waals surface area contributed by atoms with Crippen molar-refractivity contribution in [1.29, 1.82) is 0 Å². The Hall–Kier alpha value is -3.42. The van der Waals surface area contributed by atoms with Gasteiger partial charge in [-0.1, -0.05) is 18.2 Å². The molecule has 42 heavy (non-hydrogen) atoms. The molecule has 3 heterocycles. The third-order valence-corrected chi connectivity index (χ3v) is 8.64. The van der Waals surface area contributed by atoms with Gasteiger partial charge in [0.25, 0.3) is 0 Å². The van der Waals surface area contributed by atoms with E-state index in [2.05, 4.69) is 30.1 Å². The van der Waals surface area contributed by atoms with Gasteiger partial charge in [0, 0.05) is 49.7 Å². The highest BCUT2D eigenvalue weighted by Gasteiger charge is 2.40. The fourth-order valence-corrected chi connectivity index (χ4v) is 6.79. The highest BCUT2D eigenvalue weighted by Crippen LogP contribution is 2.40. The number of aliphatic imine (C=N–C) groups is 1. The summed E-state index contributed by atoms with van der Waals surface area (Å²) in [6, 6.07) is 7.40. The average Bonchev–Trinajstić information content (AvgIpc) is 3.32. The predicted octanol–water partition coefficient (Wildman–Crippen LogP) is 6.77. The third-order valence-electron chi connectivity index (χ3n) is 8.64. The maximum atomic E-state index is 15.8. The van der Waals surface area contributed by atoms with E-state index in [0.29, 0.717) is 25.9 Å². The Bertz CT molecular complexity index is 1340. The number of piperidine rings is 1. The van der Waals surface area contributed by atoms with E-state index in [4.69, 9.17) is 9.73 Å². The quantitative estimate of drug-likeness (QED) is 0.388. The summed E-state index contributed by atoms with van der Waals surface area (Å²) >= 11 is 0. The fourth-order valence-electron chi connectivity index (χ4n) is 6.79. The summed E-state index contributed by atoms with van der Waals surface area (Å²) in [7, 11) is 1.70. The van der Waals surface area contributed by atoms with E-state index in [9.17, 15) is 9.59 Å². The van der Waals surface area contributed by atoms with E-state index in [1.54, 1.807) is 16.8 Å². The van der Waals surface area contributed by atoms with Gasteiger partial charge in [-0.3, -0.25) is 9.79 Å². The smallest absolute Gasteiger partial charge is 0.410 e. The minimum atomic E-state index is -1.66. The maximum absolute atomic E-state index is 15.8. The lowest BCUT2D eigenvalue weighted by molar-refractivity contribution is -0.141. The number of ether oxygens (including phenoxy) is 1. The van der Waals surface area contributed by atoms with Crippen LogP contribution in [0, 0.1) is 5.92 Å². The lowest BCUT2D eigenvalue weighted by Crippen LogP contribution is -2.48. The van der Waals surface area contributed by atoms with Gasteiger partial charge in [0.05, 0.1) is 12.1 Å². The number of fused-ring (bicyclic) bond motifs is 2. The number of rotatable bonds is 5. The number of halogens is 1. The van der Waals surface area contributed by atoms with Crippen LogP contribution >= 0.6 is 0 Å². The number of hydrogen-bond acceptors (Lipinski definition) is 5. The number of allylic oxidation sites excluding steroid dienone is 2. The van der Waals surface area contributed by atoms with Crippen molar-refractivity contribution in [3.63, 3.8) is 0 Å². The predicted molar refractivity (Wildman–Crippen MR) is 165 cm³/mol. The molecule has 2 atom stereocenters. The molecule has 1 aromatic rings. The summed E-state index contributed by atoms with van der Waals surface area (Å²) in [4.78, 5) is 36.5. The summed E-state index contributed by atoms with van der Waals surface area (Å²) in [5.41, 5.74) is 4.51. The van der Waals surface area contributed by atoms with Crippen molar-refractivity contribution in [2.75, 3.05) is 31.6 Å². The summed E-state index contributed by atoms with van der Waals surface area (Å²) in [5.74, 6) is -0.358. The van der Waals surface area contributed by atoms with Gasteiger partial charge >= 0.3 is 6.09 Å². The monoisotopic (exact) mass is 576 g/mol. The molecule has 0 aromatic heterocycles. The molecule has 3 aliphatic heterocycles. The van der Waals surface area contributed by atoms with Gasteiger partial charge < -0.3 is 19.4 Å². The fraction of sp³-hybridized carbons (Fsp3) is 0.559. The van der Waals surface area contributed by atoms with Crippen molar-refractivity contribution in [2.45, 2.75) is 90.6 Å². The molecule has 5 rings (SSSR count). The SMILES string of the molecule is CC1=NC2C(=C1)C=CC1=C2CCCN1c1ccc([C@H](N(C)C(=O)C2CCN(C(=O)OC(C)(C)C)CC2)C(C)(C)F)cc1. The second-order valence-corrected chi connectivity index (χ2v) is 13.6. The van der Waals surface area contributed by atoms with Gasteiger partial charge in [-0.05, 0) is 108 Å². The van der Waals surface area contributed by atoms with E-state index in [-0.39, 0.29) is 24.0 Å². The maximum Gasteiger partial charge on any atom is 0.410 e. The second-order valence-electron chi connectivity index (χ2n) is 13.6. The van der Waals surface area contributed by atoms with E-state index < -0.39 is 17.3 Å². The van der Waals surface area contributed by atoms with Crippen LogP contribution in [-0.2, 0) is 9.53 Å². The number of benzene rings is 1. The molecular formula is C34H45FN4O3. The molecule has 226 valence electrons. The van der Waals surface area contributed by atoms with Crippen molar-refractivity contribution in [3.05, 3.63) is 64.9 Å². The lowest BCUT2D eigenvalue weighted by Gasteiger charge is -2.40. The van der Waals surface area contributed by atoms with Crippen LogP contribution in [0.4, 0.5) is 14.9 Å². The van der Waals surface area contributed by atoms with Crippen LogP contribution in [-0.4, -0.2) is 71.5 Å². The van der Waals surface area contributed by atoms with Crippen LogP contribution < -0.4 is 4.90 Å². The number of carbonyl (C=O) groups excluding carboxylic acids is 2. The lowest BCUT2D eigenvalue weighted by atomic mass is 9.86. The van der Waals surface area contributed by atoms with Crippen LogP contribution in [0.3, 0.4) is 0 Å². The summed E-state index contributed by atoms with van der Waals surface area (Å²) in [5, 5.41) is 0. The number of likely N-dealkylation sites (tertiary alicyclic amines) is 1. The number of hydrogen-bond donors (Lipinski definition) is 0. The molecule has 0 bridgehead atoms. The first-order valence-electron chi connectivity index (χ1n) is 15.2. The summed E-state index contributed by atoms with van der Waals surface area (Å²) in [6.07, 6.45) is 9.34. The van der Waals surface area contributed by atoms with Gasteiger partial charge in [-0.25, -0.2) is 9.18 Å². The zero-order valence-corrected chi connectivity index (χ0v) is 26.1. The van der Waals surface area contributed by atoms with Crippen molar-refractivity contribution >= 4 is 23.4 Å². The number of alkyl halides is 1. The Balaban J connectivity index is 1.30. The normalized spacial score (nSPS) is 21.9. The van der Waals surface area contributed by atoms with Crippen LogP contribution in [0.15, 0.2) is 64.3 Å². The number of carbonyl (C=O) groups is 2. The topological polar surface area (TPSA) is 65.5 Å². The molecule has 7 nitrogen and oxygen atoms in total. The first-order chi connectivity index (χ1) is 19.7. The van der Waals surface area contributed by atoms with E-state index in [1.165, 1.54) is 30.7 Å². The molecule has 2 amide bonds. The van der Waals surface area contributed by atoms with Gasteiger partial charge in [-0.2, -0.15) is 0 Å². The third kappa shape index (κ3) is 6.18. The number of anilines is 1. The molecule has 1 aliphatic carbocycles. The Morgan fingerprint density at radius 2 is 1.71 bits per heavy atom. The largest absolute Gasteiger partial charge is 0.444 e. The first kappa shape index (κ1) is 30.1. The summed E-state index contributed by atoms with van der Waals surface area (Å²) < 4.78 is 21.3. The van der Waals surface area contributed by atoms with Crippen LogP contribution in [0.1, 0.15) is 78.8 Å². The van der Waals surface area contributed by atoms with Gasteiger partial charge in [0.2, 0.25) is 5.91 Å². The molecule has 8 heteroatoms. The van der Waals surface area contributed by atoms with Crippen molar-refractivity contribution in [2.24, 2.45) is 10.9 Å². The van der Waals surface area contributed by atoms with Gasteiger partial charge in [0.1, 0.15) is 11.3 Å². The Morgan fingerprint density at radius 3 is 2.33 bits per heavy atom. The molecular weight excluding hydrogens is 531 g/mol. The molecule has 1 saturated heterocycles. The van der Waals surface area contributed by atoms with Crippen molar-refractivity contribution < 1.29 is 18.7 Å². The Morgan fingerprint density at radius 1 is 1.05 bits per heavy atom. The molecule has 0 radical (unpaired) electrons. The zero-order chi connectivity index (χ0) is 30.4. The molecule has 1 unspecified atom stereocenters. The Labute approximate surface area is 249 Å². The zero-order valence-electron chi connectivity index (χ0n) is 26.1. The Kier molecular flexibility index (Phi) is 8.12. The minimum Gasteiger partial charge on any atom is -0.444 e. The second kappa shape index (κ2) is 11.3. The highest BCUT2D eigenvalue weighted by atomic mass is 19.1. The van der Waals surface area contributed by atoms with E-state index in [0.717, 1.165) is 36.3 Å². The minimum absolute atomic E-state index is 0.0897. The van der Waals surface area contributed by atoms with Crippen LogP contribution in [0.2, 0.25) is 0 Å². The van der Waals surface area contributed by atoms with Gasteiger partial charge in [0.15, 0.2) is 0 Å². The van der Waals surface area contributed by atoms with Crippen molar-refractivity contribution in [3.8, 4) is 0 Å². The molecule has 0 spiro atoms. The van der Waals surface area contributed by atoms with Crippen LogP contribution in [0.5, 0.6) is 0 Å². The highest BCUT2D eigenvalue weighted by molar-refractivity contribution is 5.97. The first-order valence-corrected chi connectivity index (χ1v) is 15.2. The molecule has 1 aromatic carbocycles. The number of nitrogens with zero attached hydrogens (tertiary/aromatic N) is 4. The standard InChI is InChI=1S/C34H45FN4O3/c1-22-21-25-12-15-28-27(29(25)36-22)9-8-18-39(28)26-13-10-23(11-14-26)30(34(5,6)35)37(7)31(40)24-16-19-38(20-17-24)32(41)42-33(2,3)4/h10-15,21,24,29-30H,8-9,16-20H2,1-7H3/t29?,30-/m0/s1. The molecule has 0 N–H and O–H groups in total. The molecule has 0 saturated carbocycles. The summed E-state index contributed by atoms with van der Waals surface area (Å²) in [6.45, 7) is 12.4. The van der Waals surface area contributed by atoms with Gasteiger partial charge in [-0.15, -0.1) is 0 Å². The van der Waals surface area contributed by atoms with E-state index >= 15 is 4.39 Å². The average molecular weight is 577 g/mol. The number of amides is 2. The van der Waals surface area contributed by atoms with Crippen LogP contribution in [0.25, 0.3) is 0 Å². The molecule has 4 aliphatic rings. The van der Waals surface area contributed by atoms with E-state index in [1.807, 2.05) is 45.0 Å².